The zero-order valence-corrected chi connectivity index (χ0v) is 8.54. The molecule has 70 valence electrons. The summed E-state index contributed by atoms with van der Waals surface area (Å²) in [6, 6.07) is 0.398. The van der Waals surface area contributed by atoms with Gasteiger partial charge in [0.1, 0.15) is 0 Å². The summed E-state index contributed by atoms with van der Waals surface area (Å²) in [6.45, 7) is 9.71. The first-order valence-corrected chi connectivity index (χ1v) is 4.69. The largest absolute Gasteiger partial charge is 0.344 e. The number of rotatable bonds is 2. The summed E-state index contributed by atoms with van der Waals surface area (Å²) in [4.78, 5) is 9.12. The van der Waals surface area contributed by atoms with Gasteiger partial charge in [-0.2, -0.15) is 0 Å². The fourth-order valence-corrected chi connectivity index (χ4v) is 1.42. The minimum Gasteiger partial charge on any atom is -0.344 e. The summed E-state index contributed by atoms with van der Waals surface area (Å²) in [5, 5.41) is 0. The molecular weight excluding hydrogens is 150 g/mol. The molecule has 0 amide bonds. The number of hydrogen-bond acceptors (Lipinski definition) is 1. The van der Waals surface area contributed by atoms with Crippen LogP contribution in [0.3, 0.4) is 0 Å². The van der Waals surface area contributed by atoms with Crippen LogP contribution < -0.4 is 0 Å². The van der Waals surface area contributed by atoms with Gasteiger partial charge in [-0.05, 0) is 20.8 Å². The zero-order valence-electron chi connectivity index (χ0n) is 8.54. The molecular formula is C9H19N3. The first kappa shape index (κ1) is 9.36. The lowest BCUT2D eigenvalue weighted by Crippen LogP contribution is -2.32. The maximum Gasteiger partial charge on any atom is 0.196 e. The summed E-state index contributed by atoms with van der Waals surface area (Å²) < 4.78 is 0. The Morgan fingerprint density at radius 2 is 2.08 bits per heavy atom. The Balaban J connectivity index is 2.69. The fourth-order valence-electron chi connectivity index (χ4n) is 1.42. The van der Waals surface area contributed by atoms with Crippen molar-refractivity contribution in [2.24, 2.45) is 4.99 Å². The minimum atomic E-state index is 0.398. The molecule has 12 heavy (non-hydrogen) atoms. The molecule has 0 aromatic heterocycles. The molecule has 0 saturated carbocycles. The van der Waals surface area contributed by atoms with Crippen molar-refractivity contribution in [3.8, 4) is 0 Å². The van der Waals surface area contributed by atoms with Gasteiger partial charge >= 0.3 is 0 Å². The Labute approximate surface area is 75.1 Å². The lowest BCUT2D eigenvalue weighted by Gasteiger charge is -2.19. The van der Waals surface area contributed by atoms with E-state index < -0.39 is 0 Å². The van der Waals surface area contributed by atoms with Crippen LogP contribution in [0, 0.1) is 0 Å². The number of guanidine groups is 1. The van der Waals surface area contributed by atoms with E-state index in [1.807, 2.05) is 0 Å². The van der Waals surface area contributed by atoms with Gasteiger partial charge in [-0.1, -0.05) is 0 Å². The van der Waals surface area contributed by atoms with Crippen molar-refractivity contribution in [3.05, 3.63) is 0 Å². The van der Waals surface area contributed by atoms with E-state index in [9.17, 15) is 0 Å². The molecule has 0 radical (unpaired) electrons. The van der Waals surface area contributed by atoms with E-state index in [4.69, 9.17) is 0 Å². The Morgan fingerprint density at radius 3 is 2.58 bits per heavy atom. The minimum absolute atomic E-state index is 0.398. The van der Waals surface area contributed by atoms with E-state index in [0.717, 1.165) is 25.6 Å². The third-order valence-corrected chi connectivity index (χ3v) is 2.08. The van der Waals surface area contributed by atoms with Crippen LogP contribution >= 0.6 is 0 Å². The van der Waals surface area contributed by atoms with Crippen molar-refractivity contribution in [1.29, 1.82) is 0 Å². The van der Waals surface area contributed by atoms with Gasteiger partial charge in [0.2, 0.25) is 0 Å². The number of hydrogen-bond donors (Lipinski definition) is 0. The maximum atomic E-state index is 4.58. The van der Waals surface area contributed by atoms with Gasteiger partial charge in [-0.25, -0.2) is 0 Å². The van der Waals surface area contributed by atoms with Gasteiger partial charge < -0.3 is 9.80 Å². The summed E-state index contributed by atoms with van der Waals surface area (Å²) in [6.07, 6.45) is 0. The third kappa shape index (κ3) is 1.90. The van der Waals surface area contributed by atoms with Crippen molar-refractivity contribution in [1.82, 2.24) is 9.80 Å². The molecule has 0 unspecified atom stereocenters. The van der Waals surface area contributed by atoms with E-state index in [1.54, 1.807) is 0 Å². The summed E-state index contributed by atoms with van der Waals surface area (Å²) in [5.41, 5.74) is 0. The zero-order chi connectivity index (χ0) is 9.14. The highest BCUT2D eigenvalue weighted by Gasteiger charge is 2.21. The first-order valence-electron chi connectivity index (χ1n) is 4.69. The lowest BCUT2D eigenvalue weighted by molar-refractivity contribution is 0.485. The number of nitrogens with zero attached hydrogens (tertiary/aromatic N) is 3. The molecule has 1 aliphatic rings. The van der Waals surface area contributed by atoms with Crippen molar-refractivity contribution >= 4 is 5.96 Å². The molecule has 0 aromatic carbocycles. The molecule has 1 aliphatic heterocycles. The van der Waals surface area contributed by atoms with Crippen LogP contribution in [0.4, 0.5) is 0 Å². The van der Waals surface area contributed by atoms with E-state index in [0.29, 0.717) is 6.04 Å². The molecule has 0 N–H and O–H groups in total. The van der Waals surface area contributed by atoms with Crippen molar-refractivity contribution in [3.63, 3.8) is 0 Å². The Morgan fingerprint density at radius 1 is 1.42 bits per heavy atom. The van der Waals surface area contributed by atoms with Gasteiger partial charge in [0.15, 0.2) is 5.96 Å². The predicted octanol–water partition coefficient (Wildman–Crippen LogP) is 1.02. The molecule has 1 rings (SSSR count). The molecule has 1 heterocycles. The lowest BCUT2D eigenvalue weighted by atomic mass is 10.4. The van der Waals surface area contributed by atoms with Crippen LogP contribution in [-0.2, 0) is 0 Å². The molecule has 0 aromatic rings. The summed E-state index contributed by atoms with van der Waals surface area (Å²) >= 11 is 0. The van der Waals surface area contributed by atoms with Crippen LogP contribution in [-0.4, -0.2) is 48.5 Å². The summed E-state index contributed by atoms with van der Waals surface area (Å²) in [7, 11) is 2.11. The van der Waals surface area contributed by atoms with Crippen molar-refractivity contribution < 1.29 is 0 Å². The monoisotopic (exact) mass is 169 g/mol. The standard InChI is InChI=1S/C9H19N3/c1-5-12-7-6-11(4)9(12)10-8(2)3/h8H,5-7H2,1-4H3/b10-9+. The van der Waals surface area contributed by atoms with Gasteiger partial charge in [0.05, 0.1) is 0 Å². The molecule has 0 bridgehead atoms. The SMILES string of the molecule is CCN1CCN(C)/C1=N\C(C)C. The molecule has 1 saturated heterocycles. The van der Waals surface area contributed by atoms with E-state index >= 15 is 0 Å². The Bertz CT molecular complexity index is 175. The number of aliphatic imine (C=N–C) groups is 1. The number of likely N-dealkylation sites (N-methyl/N-ethyl adjacent to an activating group) is 2. The van der Waals surface area contributed by atoms with E-state index in [2.05, 4.69) is 42.6 Å². The second-order valence-electron chi connectivity index (χ2n) is 3.52. The Hall–Kier alpha value is -0.730. The quantitative estimate of drug-likeness (QED) is 0.614. The van der Waals surface area contributed by atoms with Crippen LogP contribution in [0.5, 0.6) is 0 Å². The molecule has 0 aliphatic carbocycles. The fraction of sp³-hybridized carbons (Fsp3) is 0.889. The second kappa shape index (κ2) is 3.78. The molecule has 0 atom stereocenters. The van der Waals surface area contributed by atoms with Crippen molar-refractivity contribution in [2.75, 3.05) is 26.7 Å². The summed E-state index contributed by atoms with van der Waals surface area (Å²) in [5.74, 6) is 1.16. The highest BCUT2D eigenvalue weighted by Crippen LogP contribution is 2.07. The average molecular weight is 169 g/mol. The van der Waals surface area contributed by atoms with Gasteiger partial charge in [-0.3, -0.25) is 4.99 Å². The molecule has 3 nitrogen and oxygen atoms in total. The first-order chi connectivity index (χ1) is 5.65. The molecule has 0 spiro atoms. The smallest absolute Gasteiger partial charge is 0.196 e. The van der Waals surface area contributed by atoms with Crippen LogP contribution in [0.15, 0.2) is 4.99 Å². The Kier molecular flexibility index (Phi) is 2.95. The topological polar surface area (TPSA) is 18.8 Å². The van der Waals surface area contributed by atoms with Crippen molar-refractivity contribution in [2.45, 2.75) is 26.8 Å². The van der Waals surface area contributed by atoms with Gasteiger partial charge in [-0.15, -0.1) is 0 Å². The predicted molar refractivity (Wildman–Crippen MR) is 52.4 cm³/mol. The van der Waals surface area contributed by atoms with Gasteiger partial charge in [0, 0.05) is 32.7 Å². The maximum absolute atomic E-state index is 4.58. The third-order valence-electron chi connectivity index (χ3n) is 2.08. The van der Waals surface area contributed by atoms with Crippen LogP contribution in [0.2, 0.25) is 0 Å². The van der Waals surface area contributed by atoms with Crippen LogP contribution in [0.25, 0.3) is 0 Å². The van der Waals surface area contributed by atoms with Gasteiger partial charge in [0.25, 0.3) is 0 Å². The highest BCUT2D eigenvalue weighted by molar-refractivity contribution is 5.81. The molecule has 3 heteroatoms. The highest BCUT2D eigenvalue weighted by atomic mass is 15.4. The normalized spacial score (nSPS) is 21.6. The van der Waals surface area contributed by atoms with E-state index in [1.165, 1.54) is 0 Å². The molecule has 1 fully saturated rings. The van der Waals surface area contributed by atoms with E-state index in [-0.39, 0.29) is 0 Å². The average Bonchev–Trinajstić information content (AvgIpc) is 2.32. The van der Waals surface area contributed by atoms with Crippen LogP contribution in [0.1, 0.15) is 20.8 Å². The second-order valence-corrected chi connectivity index (χ2v) is 3.52.